The van der Waals surface area contributed by atoms with Crippen LogP contribution in [0.15, 0.2) is 24.3 Å². The highest BCUT2D eigenvalue weighted by Gasteiger charge is 2.51. The summed E-state index contributed by atoms with van der Waals surface area (Å²) < 4.78 is 0. The average molecular weight is 231 g/mol. The third-order valence-electron chi connectivity index (χ3n) is 4.18. The van der Waals surface area contributed by atoms with E-state index < -0.39 is 5.97 Å². The predicted molar refractivity (Wildman–Crippen MR) is 65.0 cm³/mol. The summed E-state index contributed by atoms with van der Waals surface area (Å²) in [5.74, 6) is -0.766. The van der Waals surface area contributed by atoms with Gasteiger partial charge in [-0.05, 0) is 25.3 Å². The summed E-state index contributed by atoms with van der Waals surface area (Å²) in [7, 11) is 0. The molecule has 90 valence electrons. The maximum Gasteiger partial charge on any atom is 0.308 e. The van der Waals surface area contributed by atoms with Crippen molar-refractivity contribution >= 4 is 5.97 Å². The lowest BCUT2D eigenvalue weighted by atomic mass is 9.75. The Hall–Kier alpha value is -1.35. The molecule has 17 heavy (non-hydrogen) atoms. The molecule has 0 amide bonds. The lowest BCUT2D eigenvalue weighted by Crippen LogP contribution is -2.32. The number of carbonyl (C=O) groups is 1. The number of carboxylic acids is 1. The second kappa shape index (κ2) is 3.84. The van der Waals surface area contributed by atoms with E-state index in [4.69, 9.17) is 0 Å². The van der Waals surface area contributed by atoms with Crippen molar-refractivity contribution in [3.8, 4) is 0 Å². The van der Waals surface area contributed by atoms with Crippen LogP contribution in [0.25, 0.3) is 0 Å². The molecule has 2 fully saturated rings. The Balaban J connectivity index is 1.98. The quantitative estimate of drug-likeness (QED) is 0.817. The van der Waals surface area contributed by atoms with Crippen molar-refractivity contribution in [1.82, 2.24) is 5.32 Å². The Morgan fingerprint density at radius 1 is 1.35 bits per heavy atom. The highest BCUT2D eigenvalue weighted by atomic mass is 16.4. The molecule has 3 nitrogen and oxygen atoms in total. The molecular formula is C14H17NO2. The van der Waals surface area contributed by atoms with E-state index in [-0.39, 0.29) is 17.9 Å². The molecule has 0 saturated carbocycles. The Bertz CT molecular complexity index is 457. The van der Waals surface area contributed by atoms with Gasteiger partial charge in [0.1, 0.15) is 0 Å². The summed E-state index contributed by atoms with van der Waals surface area (Å²) in [4.78, 5) is 11.4. The van der Waals surface area contributed by atoms with Gasteiger partial charge < -0.3 is 10.4 Å². The molecule has 2 heterocycles. The smallest absolute Gasteiger partial charge is 0.308 e. The highest BCUT2D eigenvalue weighted by molar-refractivity contribution is 5.73. The van der Waals surface area contributed by atoms with E-state index in [0.29, 0.717) is 6.04 Å². The molecule has 4 unspecified atom stereocenters. The van der Waals surface area contributed by atoms with Crippen LogP contribution in [0.5, 0.6) is 0 Å². The average Bonchev–Trinajstić information content (AvgIpc) is 2.88. The maximum absolute atomic E-state index is 11.4. The van der Waals surface area contributed by atoms with Gasteiger partial charge in [0.15, 0.2) is 0 Å². The van der Waals surface area contributed by atoms with Crippen molar-refractivity contribution in [3.05, 3.63) is 35.4 Å². The van der Waals surface area contributed by atoms with Crippen LogP contribution in [0.3, 0.4) is 0 Å². The van der Waals surface area contributed by atoms with Crippen LogP contribution in [0, 0.1) is 12.8 Å². The van der Waals surface area contributed by atoms with E-state index in [9.17, 15) is 9.90 Å². The standard InChI is InChI=1S/C14H17NO2/c1-8-3-2-4-9(7-8)12-10-5-6-11(15-10)13(12)14(16)17/h2-4,7,10-13,15H,5-6H2,1H3,(H,16,17). The first kappa shape index (κ1) is 10.8. The number of rotatable bonds is 2. The van der Waals surface area contributed by atoms with Gasteiger partial charge in [0.25, 0.3) is 0 Å². The Kier molecular flexibility index (Phi) is 2.44. The molecule has 2 aliphatic rings. The molecule has 4 atom stereocenters. The van der Waals surface area contributed by atoms with E-state index in [0.717, 1.165) is 12.8 Å². The number of carboxylic acid groups (broad SMARTS) is 1. The minimum absolute atomic E-state index is 0.145. The van der Waals surface area contributed by atoms with Gasteiger partial charge in [-0.3, -0.25) is 4.79 Å². The monoisotopic (exact) mass is 231 g/mol. The number of aliphatic carboxylic acids is 1. The molecule has 1 aromatic carbocycles. The predicted octanol–water partition coefficient (Wildman–Crippen LogP) is 1.91. The first-order valence-electron chi connectivity index (χ1n) is 6.22. The SMILES string of the molecule is Cc1cccc(C2C3CCC(N3)C2C(=O)O)c1. The van der Waals surface area contributed by atoms with Crippen molar-refractivity contribution in [2.45, 2.75) is 37.8 Å². The fourth-order valence-electron chi connectivity index (χ4n) is 3.51. The van der Waals surface area contributed by atoms with Crippen molar-refractivity contribution in [2.24, 2.45) is 5.92 Å². The number of hydrogen-bond donors (Lipinski definition) is 2. The van der Waals surface area contributed by atoms with Crippen molar-refractivity contribution in [2.75, 3.05) is 0 Å². The molecular weight excluding hydrogens is 214 g/mol. The Morgan fingerprint density at radius 2 is 2.12 bits per heavy atom. The van der Waals surface area contributed by atoms with Gasteiger partial charge in [0.05, 0.1) is 5.92 Å². The van der Waals surface area contributed by atoms with Crippen LogP contribution in [0.2, 0.25) is 0 Å². The second-order valence-corrected chi connectivity index (χ2v) is 5.26. The lowest BCUT2D eigenvalue weighted by molar-refractivity contribution is -0.142. The molecule has 0 aliphatic carbocycles. The van der Waals surface area contributed by atoms with Crippen molar-refractivity contribution in [3.63, 3.8) is 0 Å². The number of fused-ring (bicyclic) bond motifs is 2. The number of nitrogens with one attached hydrogen (secondary N) is 1. The Labute approximate surface area is 101 Å². The minimum Gasteiger partial charge on any atom is -0.481 e. The third-order valence-corrected chi connectivity index (χ3v) is 4.18. The van der Waals surface area contributed by atoms with Gasteiger partial charge in [-0.2, -0.15) is 0 Å². The fraction of sp³-hybridized carbons (Fsp3) is 0.500. The van der Waals surface area contributed by atoms with E-state index in [1.807, 2.05) is 6.07 Å². The van der Waals surface area contributed by atoms with Gasteiger partial charge in [-0.25, -0.2) is 0 Å². The van der Waals surface area contributed by atoms with Crippen LogP contribution in [-0.4, -0.2) is 23.2 Å². The zero-order valence-electron chi connectivity index (χ0n) is 9.89. The molecule has 2 saturated heterocycles. The van der Waals surface area contributed by atoms with Gasteiger partial charge in [-0.15, -0.1) is 0 Å². The minimum atomic E-state index is -0.656. The fourth-order valence-corrected chi connectivity index (χ4v) is 3.51. The molecule has 2 aliphatic heterocycles. The van der Waals surface area contributed by atoms with Gasteiger partial charge >= 0.3 is 5.97 Å². The van der Waals surface area contributed by atoms with Crippen LogP contribution < -0.4 is 5.32 Å². The molecule has 1 aromatic rings. The summed E-state index contributed by atoms with van der Waals surface area (Å²) in [5.41, 5.74) is 2.38. The normalized spacial score (nSPS) is 35.1. The van der Waals surface area contributed by atoms with Crippen LogP contribution >= 0.6 is 0 Å². The molecule has 3 heteroatoms. The summed E-state index contributed by atoms with van der Waals surface area (Å²) in [6.45, 7) is 2.06. The molecule has 2 N–H and O–H groups in total. The second-order valence-electron chi connectivity index (χ2n) is 5.26. The van der Waals surface area contributed by atoms with Crippen LogP contribution in [-0.2, 0) is 4.79 Å². The summed E-state index contributed by atoms with van der Waals surface area (Å²) >= 11 is 0. The number of hydrogen-bond acceptors (Lipinski definition) is 2. The van der Waals surface area contributed by atoms with Gasteiger partial charge in [-0.1, -0.05) is 29.8 Å². The maximum atomic E-state index is 11.4. The Morgan fingerprint density at radius 3 is 2.82 bits per heavy atom. The van der Waals surface area contributed by atoms with Gasteiger partial charge in [0, 0.05) is 18.0 Å². The third kappa shape index (κ3) is 1.65. The van der Waals surface area contributed by atoms with E-state index >= 15 is 0 Å². The van der Waals surface area contributed by atoms with Crippen molar-refractivity contribution < 1.29 is 9.90 Å². The van der Waals surface area contributed by atoms with Crippen LogP contribution in [0.4, 0.5) is 0 Å². The van der Waals surface area contributed by atoms with Crippen LogP contribution in [0.1, 0.15) is 29.9 Å². The van der Waals surface area contributed by atoms with E-state index in [1.54, 1.807) is 0 Å². The molecule has 2 bridgehead atoms. The first-order valence-corrected chi connectivity index (χ1v) is 6.22. The topological polar surface area (TPSA) is 49.3 Å². The summed E-state index contributed by atoms with van der Waals surface area (Å²) in [6, 6.07) is 8.79. The first-order chi connectivity index (χ1) is 8.16. The van der Waals surface area contributed by atoms with E-state index in [1.165, 1.54) is 11.1 Å². The molecule has 0 radical (unpaired) electrons. The van der Waals surface area contributed by atoms with Gasteiger partial charge in [0.2, 0.25) is 0 Å². The largest absolute Gasteiger partial charge is 0.481 e. The lowest BCUT2D eigenvalue weighted by Gasteiger charge is -2.27. The molecule has 0 spiro atoms. The molecule has 3 rings (SSSR count). The zero-order chi connectivity index (χ0) is 12.0. The number of benzene rings is 1. The highest BCUT2D eigenvalue weighted by Crippen LogP contribution is 2.44. The molecule has 0 aromatic heterocycles. The number of aryl methyl sites for hydroxylation is 1. The van der Waals surface area contributed by atoms with E-state index in [2.05, 4.69) is 30.4 Å². The zero-order valence-corrected chi connectivity index (χ0v) is 9.89. The summed E-state index contributed by atoms with van der Waals surface area (Å²) in [6.07, 6.45) is 2.11. The summed E-state index contributed by atoms with van der Waals surface area (Å²) in [5, 5.41) is 12.8. The van der Waals surface area contributed by atoms with Crippen molar-refractivity contribution in [1.29, 1.82) is 0 Å².